The Morgan fingerprint density at radius 2 is 2.37 bits per heavy atom. The molecular formula is C13H21ClN4O. The number of aromatic nitrogens is 2. The van der Waals surface area contributed by atoms with E-state index in [4.69, 9.17) is 22.1 Å². The van der Waals surface area contributed by atoms with Crippen LogP contribution in [0.15, 0.2) is 6.20 Å². The van der Waals surface area contributed by atoms with Crippen molar-refractivity contribution < 1.29 is 4.74 Å². The van der Waals surface area contributed by atoms with Crippen LogP contribution >= 0.6 is 11.6 Å². The van der Waals surface area contributed by atoms with Crippen molar-refractivity contribution in [1.82, 2.24) is 9.97 Å². The zero-order valence-electron chi connectivity index (χ0n) is 11.4. The van der Waals surface area contributed by atoms with Crippen molar-refractivity contribution in [2.75, 3.05) is 19.0 Å². The Labute approximate surface area is 118 Å². The van der Waals surface area contributed by atoms with Crippen molar-refractivity contribution in [3.05, 3.63) is 11.2 Å². The molecule has 1 fully saturated rings. The standard InChI is InChI=1S/C13H21ClN4O/c1-9-5-3-4-6-13(9,8-15)18-11-10(14)7-16-12(17-11)19-2/h7,9H,3-6,8,15H2,1-2H3,(H,16,17,18). The predicted octanol–water partition coefficient (Wildman–Crippen LogP) is 2.46. The molecule has 1 heterocycles. The van der Waals surface area contributed by atoms with E-state index in [0.717, 1.165) is 6.42 Å². The van der Waals surface area contributed by atoms with Gasteiger partial charge in [-0.25, -0.2) is 4.98 Å². The fourth-order valence-corrected chi connectivity index (χ4v) is 2.86. The topological polar surface area (TPSA) is 73.1 Å². The summed E-state index contributed by atoms with van der Waals surface area (Å²) in [5.41, 5.74) is 5.88. The van der Waals surface area contributed by atoms with Crippen LogP contribution in [0.25, 0.3) is 0 Å². The number of ether oxygens (including phenoxy) is 1. The first kappa shape index (κ1) is 14.3. The van der Waals surface area contributed by atoms with Gasteiger partial charge >= 0.3 is 6.01 Å². The Hall–Kier alpha value is -1.07. The number of hydrogen-bond donors (Lipinski definition) is 2. The van der Waals surface area contributed by atoms with Crippen LogP contribution in [0.5, 0.6) is 6.01 Å². The third kappa shape index (κ3) is 2.92. The molecule has 2 unspecified atom stereocenters. The molecule has 3 N–H and O–H groups in total. The molecule has 1 aromatic rings. The van der Waals surface area contributed by atoms with Crippen molar-refractivity contribution >= 4 is 17.4 Å². The second-order valence-corrected chi connectivity index (χ2v) is 5.59. The summed E-state index contributed by atoms with van der Waals surface area (Å²) in [6, 6.07) is 0.308. The smallest absolute Gasteiger partial charge is 0.318 e. The Kier molecular flexibility index (Phi) is 4.47. The highest BCUT2D eigenvalue weighted by molar-refractivity contribution is 6.32. The van der Waals surface area contributed by atoms with E-state index < -0.39 is 0 Å². The molecule has 19 heavy (non-hydrogen) atoms. The van der Waals surface area contributed by atoms with Crippen LogP contribution in [0.1, 0.15) is 32.6 Å². The first-order valence-electron chi connectivity index (χ1n) is 6.66. The molecule has 1 saturated carbocycles. The molecule has 1 aromatic heterocycles. The van der Waals surface area contributed by atoms with Crippen molar-refractivity contribution in [3.8, 4) is 6.01 Å². The normalized spacial score (nSPS) is 27.1. The zero-order valence-corrected chi connectivity index (χ0v) is 12.2. The number of halogens is 1. The summed E-state index contributed by atoms with van der Waals surface area (Å²) < 4.78 is 5.04. The first-order valence-corrected chi connectivity index (χ1v) is 7.04. The lowest BCUT2D eigenvalue weighted by atomic mass is 9.73. The number of nitrogens with two attached hydrogens (primary N) is 1. The minimum absolute atomic E-state index is 0.138. The predicted molar refractivity (Wildman–Crippen MR) is 76.6 cm³/mol. The van der Waals surface area contributed by atoms with Gasteiger partial charge in [0.25, 0.3) is 0 Å². The molecule has 1 aliphatic rings. The fraction of sp³-hybridized carbons (Fsp3) is 0.692. The lowest BCUT2D eigenvalue weighted by Crippen LogP contribution is -2.52. The van der Waals surface area contributed by atoms with Crippen LogP contribution in [0, 0.1) is 5.92 Å². The number of nitrogens with one attached hydrogen (secondary N) is 1. The molecule has 2 rings (SSSR count). The number of anilines is 1. The molecular weight excluding hydrogens is 264 g/mol. The van der Waals surface area contributed by atoms with E-state index >= 15 is 0 Å². The van der Waals surface area contributed by atoms with Gasteiger partial charge in [0.1, 0.15) is 5.02 Å². The molecule has 0 bridgehead atoms. The van der Waals surface area contributed by atoms with E-state index in [1.807, 2.05) is 0 Å². The highest BCUT2D eigenvalue weighted by Gasteiger charge is 2.37. The molecule has 1 aliphatic carbocycles. The van der Waals surface area contributed by atoms with E-state index in [-0.39, 0.29) is 5.54 Å². The van der Waals surface area contributed by atoms with E-state index in [2.05, 4.69) is 22.2 Å². The van der Waals surface area contributed by atoms with E-state index in [0.29, 0.717) is 29.3 Å². The van der Waals surface area contributed by atoms with Crippen molar-refractivity contribution in [2.24, 2.45) is 11.7 Å². The van der Waals surface area contributed by atoms with Crippen molar-refractivity contribution in [3.63, 3.8) is 0 Å². The largest absolute Gasteiger partial charge is 0.467 e. The van der Waals surface area contributed by atoms with Crippen LogP contribution in [0.4, 0.5) is 5.82 Å². The summed E-state index contributed by atoms with van der Waals surface area (Å²) in [6.45, 7) is 2.79. The van der Waals surface area contributed by atoms with Gasteiger partial charge in [-0.15, -0.1) is 0 Å². The molecule has 106 valence electrons. The number of rotatable bonds is 4. The highest BCUT2D eigenvalue weighted by atomic mass is 35.5. The summed E-state index contributed by atoms with van der Waals surface area (Å²) in [5.74, 6) is 1.09. The van der Waals surface area contributed by atoms with Gasteiger partial charge in [-0.1, -0.05) is 31.4 Å². The first-order chi connectivity index (χ1) is 9.11. The van der Waals surface area contributed by atoms with E-state index in [1.54, 1.807) is 6.20 Å². The Morgan fingerprint density at radius 1 is 1.58 bits per heavy atom. The van der Waals surface area contributed by atoms with Gasteiger partial charge in [0.05, 0.1) is 18.8 Å². The van der Waals surface area contributed by atoms with Crippen LogP contribution in [0.2, 0.25) is 5.02 Å². The highest BCUT2D eigenvalue weighted by Crippen LogP contribution is 2.36. The van der Waals surface area contributed by atoms with Crippen LogP contribution < -0.4 is 15.8 Å². The molecule has 6 heteroatoms. The average Bonchev–Trinajstić information content (AvgIpc) is 2.44. The summed E-state index contributed by atoms with van der Waals surface area (Å²) in [6.07, 6.45) is 6.19. The SMILES string of the molecule is COc1ncc(Cl)c(NC2(CN)CCCCC2C)n1. The van der Waals surface area contributed by atoms with Crippen LogP contribution in [0.3, 0.4) is 0 Å². The summed E-state index contributed by atoms with van der Waals surface area (Å²) >= 11 is 6.16. The van der Waals surface area contributed by atoms with Gasteiger partial charge < -0.3 is 15.8 Å². The van der Waals surface area contributed by atoms with Crippen LogP contribution in [-0.4, -0.2) is 29.2 Å². The Bertz CT molecular complexity index is 443. The minimum atomic E-state index is -0.138. The maximum absolute atomic E-state index is 6.16. The summed E-state index contributed by atoms with van der Waals surface area (Å²) in [5, 5.41) is 3.94. The number of nitrogens with zero attached hydrogens (tertiary/aromatic N) is 2. The molecule has 0 radical (unpaired) electrons. The molecule has 5 nitrogen and oxygen atoms in total. The molecule has 0 aliphatic heterocycles. The van der Waals surface area contributed by atoms with Gasteiger partial charge in [0, 0.05) is 6.54 Å². The van der Waals surface area contributed by atoms with E-state index in [1.165, 1.54) is 26.4 Å². The van der Waals surface area contributed by atoms with Gasteiger partial charge in [-0.3, -0.25) is 0 Å². The van der Waals surface area contributed by atoms with Gasteiger partial charge in [-0.05, 0) is 18.8 Å². The number of hydrogen-bond acceptors (Lipinski definition) is 5. The molecule has 0 saturated heterocycles. The zero-order chi connectivity index (χ0) is 13.9. The maximum atomic E-state index is 6.16. The molecule has 0 amide bonds. The van der Waals surface area contributed by atoms with Gasteiger partial charge in [0.2, 0.25) is 0 Å². The minimum Gasteiger partial charge on any atom is -0.467 e. The van der Waals surface area contributed by atoms with E-state index in [9.17, 15) is 0 Å². The summed E-state index contributed by atoms with van der Waals surface area (Å²) in [4.78, 5) is 8.26. The molecule has 2 atom stereocenters. The summed E-state index contributed by atoms with van der Waals surface area (Å²) in [7, 11) is 1.54. The number of methoxy groups -OCH3 is 1. The lowest BCUT2D eigenvalue weighted by Gasteiger charge is -2.43. The Morgan fingerprint density at radius 3 is 3.00 bits per heavy atom. The molecule has 0 spiro atoms. The average molecular weight is 285 g/mol. The second kappa shape index (κ2) is 5.92. The maximum Gasteiger partial charge on any atom is 0.318 e. The quantitative estimate of drug-likeness (QED) is 0.888. The van der Waals surface area contributed by atoms with Gasteiger partial charge in [-0.2, -0.15) is 4.98 Å². The van der Waals surface area contributed by atoms with Gasteiger partial charge in [0.15, 0.2) is 5.82 Å². The molecule has 0 aromatic carbocycles. The third-order valence-electron chi connectivity index (χ3n) is 4.09. The fourth-order valence-electron chi connectivity index (χ4n) is 2.73. The van der Waals surface area contributed by atoms with Crippen molar-refractivity contribution in [2.45, 2.75) is 38.1 Å². The lowest BCUT2D eigenvalue weighted by molar-refractivity contribution is 0.235. The van der Waals surface area contributed by atoms with Crippen LogP contribution in [-0.2, 0) is 0 Å². The monoisotopic (exact) mass is 284 g/mol. The van der Waals surface area contributed by atoms with Crippen molar-refractivity contribution in [1.29, 1.82) is 0 Å². The third-order valence-corrected chi connectivity index (χ3v) is 4.37. The Balaban J connectivity index is 2.26. The second-order valence-electron chi connectivity index (χ2n) is 5.19.